The number of nitrogens with two attached hydrogens (primary N) is 1. The highest BCUT2D eigenvalue weighted by molar-refractivity contribution is 5.85. The molecule has 4 heteroatoms. The van der Waals surface area contributed by atoms with Gasteiger partial charge in [-0.25, -0.2) is 0 Å². The third-order valence-corrected chi connectivity index (χ3v) is 3.54. The van der Waals surface area contributed by atoms with Crippen LogP contribution in [0.25, 0.3) is 0 Å². The van der Waals surface area contributed by atoms with Crippen molar-refractivity contribution in [3.8, 4) is 0 Å². The van der Waals surface area contributed by atoms with Crippen molar-refractivity contribution < 1.29 is 5.21 Å². The standard InChI is InChI=1S/C10H19N3O/c11-10(12-14)9-5-2-6-13(9)7-8-3-1-4-8/h8-9,14H,1-7H2,(H2,11,12). The molecule has 1 heterocycles. The molecule has 2 rings (SSSR count). The number of nitrogens with zero attached hydrogens (tertiary/aromatic N) is 2. The zero-order valence-corrected chi connectivity index (χ0v) is 8.52. The molecule has 0 aromatic carbocycles. The van der Waals surface area contributed by atoms with Crippen molar-refractivity contribution in [3.63, 3.8) is 0 Å². The molecule has 0 spiro atoms. The Balaban J connectivity index is 1.89. The SMILES string of the molecule is NC(=NO)C1CCCN1CC1CCC1. The molecule has 1 aliphatic heterocycles. The van der Waals surface area contributed by atoms with Gasteiger partial charge in [0.25, 0.3) is 0 Å². The van der Waals surface area contributed by atoms with Gasteiger partial charge in [0.1, 0.15) is 0 Å². The molecule has 0 aromatic rings. The summed E-state index contributed by atoms with van der Waals surface area (Å²) in [7, 11) is 0. The van der Waals surface area contributed by atoms with Crippen LogP contribution in [0.15, 0.2) is 5.16 Å². The lowest BCUT2D eigenvalue weighted by molar-refractivity contribution is 0.186. The van der Waals surface area contributed by atoms with Gasteiger partial charge in [-0.2, -0.15) is 0 Å². The first-order chi connectivity index (χ1) is 6.81. The summed E-state index contributed by atoms with van der Waals surface area (Å²) in [5.74, 6) is 1.25. The summed E-state index contributed by atoms with van der Waals surface area (Å²) in [6.07, 6.45) is 6.32. The van der Waals surface area contributed by atoms with Crippen molar-refractivity contribution >= 4 is 5.84 Å². The van der Waals surface area contributed by atoms with Gasteiger partial charge < -0.3 is 10.9 Å². The molecule has 1 saturated carbocycles. The van der Waals surface area contributed by atoms with E-state index in [0.717, 1.165) is 25.4 Å². The summed E-state index contributed by atoms with van der Waals surface area (Å²) in [5, 5.41) is 11.8. The van der Waals surface area contributed by atoms with E-state index in [1.54, 1.807) is 0 Å². The van der Waals surface area contributed by atoms with Gasteiger partial charge in [0, 0.05) is 6.54 Å². The molecule has 3 N–H and O–H groups in total. The van der Waals surface area contributed by atoms with Crippen LogP contribution >= 0.6 is 0 Å². The molecule has 2 aliphatic rings. The van der Waals surface area contributed by atoms with Crippen LogP contribution in [-0.2, 0) is 0 Å². The maximum atomic E-state index is 8.65. The van der Waals surface area contributed by atoms with Crippen molar-refractivity contribution in [2.24, 2.45) is 16.8 Å². The molecular weight excluding hydrogens is 178 g/mol. The molecule has 1 aliphatic carbocycles. The van der Waals surface area contributed by atoms with E-state index >= 15 is 0 Å². The molecule has 80 valence electrons. The minimum atomic E-state index is 0.195. The predicted octanol–water partition coefficient (Wildman–Crippen LogP) is 0.997. The van der Waals surface area contributed by atoms with E-state index < -0.39 is 0 Å². The third kappa shape index (κ3) is 1.85. The zero-order chi connectivity index (χ0) is 9.97. The molecule has 0 aromatic heterocycles. The van der Waals surface area contributed by atoms with E-state index in [-0.39, 0.29) is 6.04 Å². The van der Waals surface area contributed by atoms with Crippen LogP contribution in [0, 0.1) is 5.92 Å². The van der Waals surface area contributed by atoms with Crippen LogP contribution in [-0.4, -0.2) is 35.1 Å². The highest BCUT2D eigenvalue weighted by Gasteiger charge is 2.31. The first kappa shape index (κ1) is 9.77. The highest BCUT2D eigenvalue weighted by atomic mass is 16.4. The molecule has 1 unspecified atom stereocenters. The molecule has 4 nitrogen and oxygen atoms in total. The van der Waals surface area contributed by atoms with Gasteiger partial charge in [0.2, 0.25) is 0 Å². The number of hydrogen-bond acceptors (Lipinski definition) is 3. The van der Waals surface area contributed by atoms with E-state index in [1.807, 2.05) is 0 Å². The normalized spacial score (nSPS) is 30.6. The van der Waals surface area contributed by atoms with Crippen molar-refractivity contribution in [1.82, 2.24) is 4.90 Å². The van der Waals surface area contributed by atoms with E-state index in [1.165, 1.54) is 25.7 Å². The second-order valence-electron chi connectivity index (χ2n) is 4.47. The summed E-state index contributed by atoms with van der Waals surface area (Å²) in [4.78, 5) is 2.37. The van der Waals surface area contributed by atoms with E-state index in [2.05, 4.69) is 10.1 Å². The van der Waals surface area contributed by atoms with E-state index in [4.69, 9.17) is 10.9 Å². The molecule has 14 heavy (non-hydrogen) atoms. The van der Waals surface area contributed by atoms with Gasteiger partial charge in [-0.15, -0.1) is 0 Å². The van der Waals surface area contributed by atoms with Crippen LogP contribution in [0.2, 0.25) is 0 Å². The zero-order valence-electron chi connectivity index (χ0n) is 8.52. The maximum Gasteiger partial charge on any atom is 0.156 e. The Kier molecular flexibility index (Phi) is 2.91. The predicted molar refractivity (Wildman–Crippen MR) is 55.3 cm³/mol. The van der Waals surface area contributed by atoms with Crippen molar-refractivity contribution in [1.29, 1.82) is 0 Å². The summed E-state index contributed by atoms with van der Waals surface area (Å²) in [6, 6.07) is 0.195. The molecule has 2 fully saturated rings. The van der Waals surface area contributed by atoms with Gasteiger partial charge in [-0.05, 0) is 38.1 Å². The molecule has 0 bridgehead atoms. The maximum absolute atomic E-state index is 8.65. The fraction of sp³-hybridized carbons (Fsp3) is 0.900. The average Bonchev–Trinajstić information content (AvgIpc) is 2.58. The topological polar surface area (TPSA) is 61.9 Å². The molecule has 1 saturated heterocycles. The second-order valence-corrected chi connectivity index (χ2v) is 4.47. The fourth-order valence-corrected chi connectivity index (χ4v) is 2.45. The molecular formula is C10H19N3O. The van der Waals surface area contributed by atoms with Gasteiger partial charge in [0.05, 0.1) is 6.04 Å². The Hall–Kier alpha value is -0.770. The lowest BCUT2D eigenvalue weighted by atomic mass is 9.85. The largest absolute Gasteiger partial charge is 0.409 e. The van der Waals surface area contributed by atoms with E-state index in [9.17, 15) is 0 Å². The van der Waals surface area contributed by atoms with Crippen LogP contribution in [0.3, 0.4) is 0 Å². The second kappa shape index (κ2) is 4.17. The van der Waals surface area contributed by atoms with Gasteiger partial charge >= 0.3 is 0 Å². The number of oxime groups is 1. The lowest BCUT2D eigenvalue weighted by Crippen LogP contribution is -2.43. The van der Waals surface area contributed by atoms with Gasteiger partial charge in [-0.3, -0.25) is 4.90 Å². The molecule has 0 radical (unpaired) electrons. The first-order valence-corrected chi connectivity index (χ1v) is 5.52. The first-order valence-electron chi connectivity index (χ1n) is 5.52. The Morgan fingerprint density at radius 1 is 1.36 bits per heavy atom. The number of amidine groups is 1. The van der Waals surface area contributed by atoms with Crippen LogP contribution < -0.4 is 5.73 Å². The Bertz CT molecular complexity index is 225. The Labute approximate surface area is 84.8 Å². The third-order valence-electron chi connectivity index (χ3n) is 3.54. The fourth-order valence-electron chi connectivity index (χ4n) is 2.45. The smallest absolute Gasteiger partial charge is 0.156 e. The van der Waals surface area contributed by atoms with Crippen molar-refractivity contribution in [2.75, 3.05) is 13.1 Å². The summed E-state index contributed by atoms with van der Waals surface area (Å²) in [6.45, 7) is 2.25. The molecule has 0 amide bonds. The number of likely N-dealkylation sites (tertiary alicyclic amines) is 1. The van der Waals surface area contributed by atoms with Gasteiger partial charge in [-0.1, -0.05) is 11.6 Å². The van der Waals surface area contributed by atoms with E-state index in [0.29, 0.717) is 5.84 Å². The number of hydrogen-bond donors (Lipinski definition) is 2. The van der Waals surface area contributed by atoms with Crippen LogP contribution in [0.4, 0.5) is 0 Å². The molecule has 1 atom stereocenters. The Morgan fingerprint density at radius 3 is 2.71 bits per heavy atom. The average molecular weight is 197 g/mol. The highest BCUT2D eigenvalue weighted by Crippen LogP contribution is 2.29. The van der Waals surface area contributed by atoms with Crippen molar-refractivity contribution in [3.05, 3.63) is 0 Å². The monoisotopic (exact) mass is 197 g/mol. The summed E-state index contributed by atoms with van der Waals surface area (Å²) < 4.78 is 0. The van der Waals surface area contributed by atoms with Crippen molar-refractivity contribution in [2.45, 2.75) is 38.1 Å². The minimum Gasteiger partial charge on any atom is -0.409 e. The van der Waals surface area contributed by atoms with Gasteiger partial charge in [0.15, 0.2) is 5.84 Å². The summed E-state index contributed by atoms with van der Waals surface area (Å²) >= 11 is 0. The number of rotatable bonds is 3. The van der Waals surface area contributed by atoms with Crippen LogP contribution in [0.5, 0.6) is 0 Å². The quantitative estimate of drug-likeness (QED) is 0.307. The summed E-state index contributed by atoms with van der Waals surface area (Å²) in [5.41, 5.74) is 5.66. The lowest BCUT2D eigenvalue weighted by Gasteiger charge is -2.32. The minimum absolute atomic E-state index is 0.195. The Morgan fingerprint density at radius 2 is 2.14 bits per heavy atom. The van der Waals surface area contributed by atoms with Crippen LogP contribution in [0.1, 0.15) is 32.1 Å².